The molecule has 0 unspecified atom stereocenters. The Bertz CT molecular complexity index is 1090. The Balaban J connectivity index is 1.64. The van der Waals surface area contributed by atoms with Gasteiger partial charge in [-0.2, -0.15) is 5.10 Å². The van der Waals surface area contributed by atoms with E-state index in [2.05, 4.69) is 49.0 Å². The first kappa shape index (κ1) is 20.1. The zero-order valence-electron chi connectivity index (χ0n) is 17.2. The first-order valence-corrected chi connectivity index (χ1v) is 10.3. The predicted molar refractivity (Wildman–Crippen MR) is 115 cm³/mol. The fourth-order valence-electron chi connectivity index (χ4n) is 3.90. The first-order valence-electron chi connectivity index (χ1n) is 10.3. The summed E-state index contributed by atoms with van der Waals surface area (Å²) in [6, 6.07) is 9.71. The molecule has 4 rings (SSSR count). The molecule has 4 nitrogen and oxygen atoms in total. The van der Waals surface area contributed by atoms with Gasteiger partial charge in [-0.1, -0.05) is 26.5 Å². The van der Waals surface area contributed by atoms with E-state index in [1.165, 1.54) is 17.7 Å². The zero-order chi connectivity index (χ0) is 21.3. The Morgan fingerprint density at radius 2 is 2.00 bits per heavy atom. The third-order valence-corrected chi connectivity index (χ3v) is 5.62. The van der Waals surface area contributed by atoms with E-state index in [9.17, 15) is 8.78 Å². The highest BCUT2D eigenvalue weighted by atomic mass is 19.1. The average molecular weight is 409 g/mol. The molecular weight excluding hydrogens is 384 g/mol. The van der Waals surface area contributed by atoms with Gasteiger partial charge >= 0.3 is 0 Å². The van der Waals surface area contributed by atoms with E-state index in [0.29, 0.717) is 24.8 Å². The minimum absolute atomic E-state index is 0.144. The summed E-state index contributed by atoms with van der Waals surface area (Å²) in [6.07, 6.45) is 4.75. The lowest BCUT2D eigenvalue weighted by atomic mass is 9.92. The van der Waals surface area contributed by atoms with Gasteiger partial charge in [0.15, 0.2) is 0 Å². The molecule has 2 aromatic carbocycles. The Morgan fingerprint density at radius 3 is 2.73 bits per heavy atom. The van der Waals surface area contributed by atoms with Gasteiger partial charge in [-0.15, -0.1) is 0 Å². The largest absolute Gasteiger partial charge is 0.493 e. The molecule has 1 aliphatic rings. The number of benzene rings is 2. The number of anilines is 1. The number of nitrogens with zero attached hydrogens (tertiary/aromatic N) is 2. The maximum absolute atomic E-state index is 14.0. The number of hydrogen-bond donors (Lipinski definition) is 1. The molecule has 30 heavy (non-hydrogen) atoms. The Morgan fingerprint density at radius 1 is 1.20 bits per heavy atom. The maximum atomic E-state index is 14.0. The number of nitrogens with one attached hydrogen (secondary N) is 1. The van der Waals surface area contributed by atoms with Crippen molar-refractivity contribution in [2.75, 3.05) is 11.9 Å². The van der Waals surface area contributed by atoms with Crippen molar-refractivity contribution in [3.05, 3.63) is 71.9 Å². The van der Waals surface area contributed by atoms with Crippen LogP contribution in [0.4, 0.5) is 14.5 Å². The minimum Gasteiger partial charge on any atom is -0.493 e. The van der Waals surface area contributed by atoms with Crippen LogP contribution in [-0.2, 0) is 6.42 Å². The standard InChI is InChI=1S/C24H25F2N3O/c1-4-16(5-2)17-6-8-20-23(12-17)30-11-10-18-14-29(28-24(18)20)15(3)27-22-9-7-19(25)13-21(22)26/h6-9,12-14,16,27H,3-5,10-11H2,1-2H3. The highest BCUT2D eigenvalue weighted by molar-refractivity contribution is 5.73. The molecule has 1 N–H and O–H groups in total. The van der Waals surface area contributed by atoms with E-state index in [1.807, 2.05) is 6.20 Å². The summed E-state index contributed by atoms with van der Waals surface area (Å²) in [5.74, 6) is 0.418. The SMILES string of the molecule is C=C(Nc1ccc(F)cc1F)n1cc2c(n1)-c1ccc(C(CC)CC)cc1OCC2. The Kier molecular flexibility index (Phi) is 5.57. The van der Waals surface area contributed by atoms with Crippen LogP contribution < -0.4 is 10.1 Å². The van der Waals surface area contributed by atoms with Crippen LogP contribution in [0.2, 0.25) is 0 Å². The third kappa shape index (κ3) is 3.82. The van der Waals surface area contributed by atoms with E-state index in [0.717, 1.165) is 41.5 Å². The highest BCUT2D eigenvalue weighted by Crippen LogP contribution is 2.38. The molecule has 0 bridgehead atoms. The summed E-state index contributed by atoms with van der Waals surface area (Å²) < 4.78 is 34.7. The van der Waals surface area contributed by atoms with E-state index in [-0.39, 0.29) is 5.69 Å². The monoisotopic (exact) mass is 409 g/mol. The summed E-state index contributed by atoms with van der Waals surface area (Å²) >= 11 is 0. The topological polar surface area (TPSA) is 39.1 Å². The number of hydrogen-bond acceptors (Lipinski definition) is 3. The van der Waals surface area contributed by atoms with Gasteiger partial charge in [-0.3, -0.25) is 0 Å². The van der Waals surface area contributed by atoms with Crippen LogP contribution in [0.5, 0.6) is 5.75 Å². The van der Waals surface area contributed by atoms with Gasteiger partial charge < -0.3 is 10.1 Å². The van der Waals surface area contributed by atoms with Gasteiger partial charge in [0.05, 0.1) is 18.0 Å². The minimum atomic E-state index is -0.683. The van der Waals surface area contributed by atoms with Gasteiger partial charge in [0.25, 0.3) is 0 Å². The molecule has 156 valence electrons. The molecule has 0 amide bonds. The first-order chi connectivity index (χ1) is 14.5. The van der Waals surface area contributed by atoms with Crippen molar-refractivity contribution in [3.8, 4) is 17.0 Å². The summed E-state index contributed by atoms with van der Waals surface area (Å²) in [4.78, 5) is 0. The lowest BCUT2D eigenvalue weighted by molar-refractivity contribution is 0.325. The summed E-state index contributed by atoms with van der Waals surface area (Å²) in [6.45, 7) is 8.92. The molecular formula is C24H25F2N3O. The van der Waals surface area contributed by atoms with Gasteiger partial charge in [0.1, 0.15) is 23.2 Å². The van der Waals surface area contributed by atoms with Gasteiger partial charge in [-0.05, 0) is 48.6 Å². The van der Waals surface area contributed by atoms with Crippen LogP contribution in [0.1, 0.15) is 43.7 Å². The van der Waals surface area contributed by atoms with Crippen molar-refractivity contribution in [2.24, 2.45) is 0 Å². The Hall–Kier alpha value is -3.15. The second-order valence-corrected chi connectivity index (χ2v) is 7.51. The molecule has 0 spiro atoms. The molecule has 1 aliphatic heterocycles. The van der Waals surface area contributed by atoms with Crippen LogP contribution in [0, 0.1) is 11.6 Å². The van der Waals surface area contributed by atoms with Crippen LogP contribution in [-0.4, -0.2) is 16.4 Å². The van der Waals surface area contributed by atoms with Crippen LogP contribution in [0.3, 0.4) is 0 Å². The fourth-order valence-corrected chi connectivity index (χ4v) is 3.90. The van der Waals surface area contributed by atoms with Gasteiger partial charge in [-0.25, -0.2) is 13.5 Å². The molecule has 0 aliphatic carbocycles. The molecule has 0 atom stereocenters. The number of rotatable bonds is 6. The molecule has 0 saturated heterocycles. The van der Waals surface area contributed by atoms with Crippen molar-refractivity contribution < 1.29 is 13.5 Å². The molecule has 2 heterocycles. The van der Waals surface area contributed by atoms with Crippen LogP contribution in [0.15, 0.2) is 49.2 Å². The summed E-state index contributed by atoms with van der Waals surface area (Å²) in [7, 11) is 0. The van der Waals surface area contributed by atoms with E-state index in [1.54, 1.807) is 4.68 Å². The van der Waals surface area contributed by atoms with E-state index >= 15 is 0 Å². The number of halogens is 2. The van der Waals surface area contributed by atoms with Crippen molar-refractivity contribution in [1.82, 2.24) is 9.78 Å². The smallest absolute Gasteiger partial charge is 0.149 e. The molecule has 6 heteroatoms. The molecule has 1 aromatic heterocycles. The molecule has 0 saturated carbocycles. The fraction of sp³-hybridized carbons (Fsp3) is 0.292. The van der Waals surface area contributed by atoms with Crippen molar-refractivity contribution in [3.63, 3.8) is 0 Å². The summed E-state index contributed by atoms with van der Waals surface area (Å²) in [5.41, 5.74) is 4.23. The second-order valence-electron chi connectivity index (χ2n) is 7.51. The van der Waals surface area contributed by atoms with E-state index in [4.69, 9.17) is 4.74 Å². The van der Waals surface area contributed by atoms with E-state index < -0.39 is 11.6 Å². The molecule has 0 fully saturated rings. The lowest BCUT2D eigenvalue weighted by Crippen LogP contribution is -2.08. The number of ether oxygens (including phenoxy) is 1. The second kappa shape index (κ2) is 8.30. The summed E-state index contributed by atoms with van der Waals surface area (Å²) in [5, 5.41) is 7.56. The van der Waals surface area contributed by atoms with Gasteiger partial charge in [0, 0.05) is 29.8 Å². The highest BCUT2D eigenvalue weighted by Gasteiger charge is 2.21. The van der Waals surface area contributed by atoms with Gasteiger partial charge in [0.2, 0.25) is 0 Å². The number of fused-ring (bicyclic) bond motifs is 3. The van der Waals surface area contributed by atoms with Crippen LogP contribution >= 0.6 is 0 Å². The van der Waals surface area contributed by atoms with Crippen molar-refractivity contribution in [2.45, 2.75) is 39.0 Å². The average Bonchev–Trinajstić information content (AvgIpc) is 3.08. The predicted octanol–water partition coefficient (Wildman–Crippen LogP) is 6.21. The third-order valence-electron chi connectivity index (χ3n) is 5.62. The molecule has 3 aromatic rings. The van der Waals surface area contributed by atoms with Crippen molar-refractivity contribution >= 4 is 11.5 Å². The quantitative estimate of drug-likeness (QED) is 0.526. The molecule has 0 radical (unpaired) electrons. The maximum Gasteiger partial charge on any atom is 0.149 e. The Labute approximate surface area is 175 Å². The van der Waals surface area contributed by atoms with Crippen LogP contribution in [0.25, 0.3) is 17.1 Å². The zero-order valence-corrected chi connectivity index (χ0v) is 17.2. The number of aromatic nitrogens is 2. The van der Waals surface area contributed by atoms with Crippen molar-refractivity contribution in [1.29, 1.82) is 0 Å². The lowest BCUT2D eigenvalue weighted by Gasteiger charge is -2.16. The normalized spacial score (nSPS) is 12.7.